The molecule has 0 spiro atoms. The lowest BCUT2D eigenvalue weighted by Crippen LogP contribution is -3.15. The van der Waals surface area contributed by atoms with E-state index in [1.807, 2.05) is 18.2 Å². The predicted molar refractivity (Wildman–Crippen MR) is 88.3 cm³/mol. The first-order valence-electron chi connectivity index (χ1n) is 8.35. The lowest BCUT2D eigenvalue weighted by Gasteiger charge is -2.32. The first-order valence-corrected chi connectivity index (χ1v) is 8.35. The van der Waals surface area contributed by atoms with Crippen LogP contribution in [0.3, 0.4) is 0 Å². The molecule has 1 aromatic carbocycles. The van der Waals surface area contributed by atoms with E-state index in [0.29, 0.717) is 43.3 Å². The van der Waals surface area contributed by atoms with Gasteiger partial charge in [-0.2, -0.15) is 0 Å². The molecule has 1 aliphatic heterocycles. The maximum Gasteiger partial charge on any atom is 0.163 e. The van der Waals surface area contributed by atoms with Crippen molar-refractivity contribution >= 4 is 5.78 Å². The smallest absolute Gasteiger partial charge is 0.163 e. The number of benzene rings is 1. The molecule has 5 nitrogen and oxygen atoms in total. The van der Waals surface area contributed by atoms with Gasteiger partial charge in [0.15, 0.2) is 5.78 Å². The standard InChI is InChI=1S/C18H27NO4/c1-14-12-19(13-15(2)23-14)8-9-21-10-11-22-18-7-5-4-6-17(18)16(3)20/h4-7,14-15H,8-13H2,1-3H3/p+1/t14-,15-/m1/s1. The summed E-state index contributed by atoms with van der Waals surface area (Å²) in [5.74, 6) is 0.644. The van der Waals surface area contributed by atoms with E-state index in [-0.39, 0.29) is 5.78 Å². The van der Waals surface area contributed by atoms with Crippen molar-refractivity contribution in [3.63, 3.8) is 0 Å². The van der Waals surface area contributed by atoms with E-state index in [1.54, 1.807) is 13.0 Å². The number of morpholine rings is 1. The maximum absolute atomic E-state index is 11.5. The first-order chi connectivity index (χ1) is 11.1. The topological polar surface area (TPSA) is 49.2 Å². The number of Topliss-reactive ketones (excluding diaryl/α,β-unsaturated/α-hetero) is 1. The Kier molecular flexibility index (Phi) is 7.02. The van der Waals surface area contributed by atoms with E-state index in [1.165, 1.54) is 4.90 Å². The predicted octanol–water partition coefficient (Wildman–Crippen LogP) is 0.977. The Morgan fingerprint density at radius 2 is 1.87 bits per heavy atom. The third kappa shape index (κ3) is 5.94. The molecular formula is C18H28NO4+. The summed E-state index contributed by atoms with van der Waals surface area (Å²) in [6.07, 6.45) is 0.639. The Balaban J connectivity index is 1.62. The fourth-order valence-corrected chi connectivity index (χ4v) is 3.01. The molecule has 23 heavy (non-hydrogen) atoms. The molecule has 1 saturated heterocycles. The summed E-state index contributed by atoms with van der Waals surface area (Å²) in [7, 11) is 0. The van der Waals surface area contributed by atoms with Crippen LogP contribution in [-0.2, 0) is 9.47 Å². The van der Waals surface area contributed by atoms with Gasteiger partial charge in [-0.15, -0.1) is 0 Å². The van der Waals surface area contributed by atoms with E-state index in [9.17, 15) is 4.79 Å². The Hall–Kier alpha value is -1.43. The quantitative estimate of drug-likeness (QED) is 0.572. The summed E-state index contributed by atoms with van der Waals surface area (Å²) in [6, 6.07) is 7.31. The van der Waals surface area contributed by atoms with Crippen molar-refractivity contribution in [3.05, 3.63) is 29.8 Å². The van der Waals surface area contributed by atoms with Crippen LogP contribution in [0.25, 0.3) is 0 Å². The molecule has 0 saturated carbocycles. The Bertz CT molecular complexity index is 496. The summed E-state index contributed by atoms with van der Waals surface area (Å²) >= 11 is 0. The third-order valence-electron chi connectivity index (χ3n) is 3.97. The van der Waals surface area contributed by atoms with Gasteiger partial charge >= 0.3 is 0 Å². The van der Waals surface area contributed by atoms with Crippen LogP contribution in [0.4, 0.5) is 0 Å². The van der Waals surface area contributed by atoms with Crippen molar-refractivity contribution in [2.24, 2.45) is 0 Å². The summed E-state index contributed by atoms with van der Waals surface area (Å²) in [5.41, 5.74) is 0.619. The highest BCUT2D eigenvalue weighted by Gasteiger charge is 2.24. The average Bonchev–Trinajstić information content (AvgIpc) is 2.50. The van der Waals surface area contributed by atoms with Gasteiger partial charge in [-0.1, -0.05) is 12.1 Å². The van der Waals surface area contributed by atoms with Gasteiger partial charge in [0.05, 0.1) is 18.8 Å². The van der Waals surface area contributed by atoms with Gasteiger partial charge in [-0.05, 0) is 32.9 Å². The molecule has 0 unspecified atom stereocenters. The van der Waals surface area contributed by atoms with Gasteiger partial charge in [0.1, 0.15) is 44.2 Å². The second-order valence-electron chi connectivity index (χ2n) is 6.18. The molecule has 1 fully saturated rings. The summed E-state index contributed by atoms with van der Waals surface area (Å²) in [5, 5.41) is 0. The molecule has 128 valence electrons. The maximum atomic E-state index is 11.5. The highest BCUT2D eigenvalue weighted by Crippen LogP contribution is 2.18. The molecule has 1 aromatic rings. The van der Waals surface area contributed by atoms with E-state index in [2.05, 4.69) is 13.8 Å². The first kappa shape index (κ1) is 17.9. The Labute approximate surface area is 138 Å². The second kappa shape index (κ2) is 9.01. The zero-order valence-corrected chi connectivity index (χ0v) is 14.3. The number of hydrogen-bond donors (Lipinski definition) is 1. The van der Waals surface area contributed by atoms with Crippen LogP contribution in [0, 0.1) is 0 Å². The summed E-state index contributed by atoms with van der Waals surface area (Å²) in [6.45, 7) is 10.6. The molecule has 0 aromatic heterocycles. The molecular weight excluding hydrogens is 294 g/mol. The molecule has 2 rings (SSSR count). The lowest BCUT2D eigenvalue weighted by molar-refractivity contribution is -0.915. The van der Waals surface area contributed by atoms with Gasteiger partial charge in [0.2, 0.25) is 0 Å². The van der Waals surface area contributed by atoms with E-state index in [4.69, 9.17) is 14.2 Å². The SMILES string of the molecule is CC(=O)c1ccccc1OCCOCC[NH+]1C[C@@H](C)O[C@H](C)C1. The molecule has 0 aliphatic carbocycles. The average molecular weight is 322 g/mol. The van der Waals surface area contributed by atoms with Crippen molar-refractivity contribution in [3.8, 4) is 5.75 Å². The molecule has 0 radical (unpaired) electrons. The van der Waals surface area contributed by atoms with E-state index in [0.717, 1.165) is 19.6 Å². The zero-order chi connectivity index (χ0) is 16.7. The van der Waals surface area contributed by atoms with Crippen LogP contribution in [0.5, 0.6) is 5.75 Å². The Morgan fingerprint density at radius 3 is 2.57 bits per heavy atom. The minimum absolute atomic E-state index is 0.0145. The third-order valence-corrected chi connectivity index (χ3v) is 3.97. The van der Waals surface area contributed by atoms with Crippen LogP contribution in [-0.4, -0.2) is 57.4 Å². The lowest BCUT2D eigenvalue weighted by atomic mass is 10.1. The number of ketones is 1. The van der Waals surface area contributed by atoms with Crippen molar-refractivity contribution in [1.82, 2.24) is 0 Å². The van der Waals surface area contributed by atoms with Gasteiger partial charge < -0.3 is 19.1 Å². The van der Waals surface area contributed by atoms with Gasteiger partial charge in [0.25, 0.3) is 0 Å². The van der Waals surface area contributed by atoms with Crippen molar-refractivity contribution in [2.75, 3.05) is 39.5 Å². The van der Waals surface area contributed by atoms with Gasteiger partial charge in [0, 0.05) is 0 Å². The highest BCUT2D eigenvalue weighted by atomic mass is 16.5. The van der Waals surface area contributed by atoms with E-state index < -0.39 is 0 Å². The molecule has 5 heteroatoms. The normalized spacial score (nSPS) is 24.4. The molecule has 1 N–H and O–H groups in total. The molecule has 2 atom stereocenters. The number of hydrogen-bond acceptors (Lipinski definition) is 4. The van der Waals surface area contributed by atoms with Crippen molar-refractivity contribution < 1.29 is 23.9 Å². The van der Waals surface area contributed by atoms with Crippen LogP contribution in [0.2, 0.25) is 0 Å². The fraction of sp³-hybridized carbons (Fsp3) is 0.611. The molecule has 1 heterocycles. The van der Waals surface area contributed by atoms with Crippen molar-refractivity contribution in [1.29, 1.82) is 0 Å². The molecule has 1 aliphatic rings. The monoisotopic (exact) mass is 322 g/mol. The summed E-state index contributed by atoms with van der Waals surface area (Å²) < 4.78 is 17.0. The van der Waals surface area contributed by atoms with Crippen LogP contribution in [0.1, 0.15) is 31.1 Å². The van der Waals surface area contributed by atoms with Crippen LogP contribution in [0.15, 0.2) is 24.3 Å². The van der Waals surface area contributed by atoms with Crippen molar-refractivity contribution in [2.45, 2.75) is 33.0 Å². The van der Waals surface area contributed by atoms with Crippen LogP contribution < -0.4 is 9.64 Å². The molecule has 0 amide bonds. The van der Waals surface area contributed by atoms with E-state index >= 15 is 0 Å². The van der Waals surface area contributed by atoms with Crippen LogP contribution >= 0.6 is 0 Å². The zero-order valence-electron chi connectivity index (χ0n) is 14.3. The number of carbonyl (C=O) groups excluding carboxylic acids is 1. The van der Waals surface area contributed by atoms with Gasteiger partial charge in [-0.3, -0.25) is 4.79 Å². The number of carbonyl (C=O) groups is 1. The second-order valence-corrected chi connectivity index (χ2v) is 6.18. The highest BCUT2D eigenvalue weighted by molar-refractivity contribution is 5.96. The molecule has 0 bridgehead atoms. The minimum Gasteiger partial charge on any atom is -0.490 e. The van der Waals surface area contributed by atoms with Gasteiger partial charge in [-0.25, -0.2) is 0 Å². The number of nitrogens with one attached hydrogen (secondary N) is 1. The fourth-order valence-electron chi connectivity index (χ4n) is 3.01. The summed E-state index contributed by atoms with van der Waals surface area (Å²) in [4.78, 5) is 13.0. The number of para-hydroxylation sites is 1. The Morgan fingerprint density at radius 1 is 1.17 bits per heavy atom. The number of ether oxygens (including phenoxy) is 3. The minimum atomic E-state index is 0.0145. The largest absolute Gasteiger partial charge is 0.490 e. The number of rotatable bonds is 8. The number of quaternary nitrogens is 1.